The van der Waals surface area contributed by atoms with Crippen molar-refractivity contribution in [2.45, 2.75) is 12.5 Å². The van der Waals surface area contributed by atoms with Crippen LogP contribution in [0.3, 0.4) is 0 Å². The lowest BCUT2D eigenvalue weighted by Gasteiger charge is -2.12. The van der Waals surface area contributed by atoms with Crippen LogP contribution in [0.25, 0.3) is 0 Å². The molecule has 0 saturated heterocycles. The molecule has 0 aromatic heterocycles. The van der Waals surface area contributed by atoms with Gasteiger partial charge in [-0.05, 0) is 29.8 Å². The van der Waals surface area contributed by atoms with Crippen molar-refractivity contribution in [3.63, 3.8) is 0 Å². The first-order valence-corrected chi connectivity index (χ1v) is 7.62. The van der Waals surface area contributed by atoms with Crippen molar-refractivity contribution < 1.29 is 23.5 Å². The first-order valence-electron chi connectivity index (χ1n) is 7.62. The molecule has 0 spiro atoms. The van der Waals surface area contributed by atoms with Crippen molar-refractivity contribution >= 4 is 17.3 Å². The van der Waals surface area contributed by atoms with Crippen molar-refractivity contribution in [2.24, 2.45) is 5.16 Å². The summed E-state index contributed by atoms with van der Waals surface area (Å²) in [5.74, 6) is 0.425. The molecule has 6 nitrogen and oxygen atoms in total. The number of halogens is 1. The van der Waals surface area contributed by atoms with Crippen LogP contribution in [-0.4, -0.2) is 31.9 Å². The van der Waals surface area contributed by atoms with E-state index in [1.54, 1.807) is 30.3 Å². The first-order chi connectivity index (χ1) is 12.1. The highest BCUT2D eigenvalue weighted by Crippen LogP contribution is 2.30. The molecular formula is C18H17FN2O4. The Morgan fingerprint density at radius 3 is 2.56 bits per heavy atom. The van der Waals surface area contributed by atoms with Crippen molar-refractivity contribution in [1.82, 2.24) is 0 Å². The largest absolute Gasteiger partial charge is 0.493 e. The van der Waals surface area contributed by atoms with Gasteiger partial charge in [0.05, 0.1) is 19.9 Å². The van der Waals surface area contributed by atoms with E-state index in [2.05, 4.69) is 10.5 Å². The van der Waals surface area contributed by atoms with E-state index in [1.807, 2.05) is 0 Å². The van der Waals surface area contributed by atoms with E-state index in [9.17, 15) is 9.18 Å². The van der Waals surface area contributed by atoms with Crippen molar-refractivity contribution in [3.05, 3.63) is 53.8 Å². The monoisotopic (exact) mass is 344 g/mol. The molecule has 1 N–H and O–H groups in total. The summed E-state index contributed by atoms with van der Waals surface area (Å²) in [6, 6.07) is 11.0. The Bertz CT molecular complexity index is 805. The number of anilines is 1. The fourth-order valence-corrected chi connectivity index (χ4v) is 2.47. The van der Waals surface area contributed by atoms with Gasteiger partial charge in [-0.25, -0.2) is 4.39 Å². The molecule has 1 aliphatic rings. The van der Waals surface area contributed by atoms with Crippen molar-refractivity contribution in [2.75, 3.05) is 19.5 Å². The van der Waals surface area contributed by atoms with Crippen LogP contribution < -0.4 is 14.8 Å². The minimum atomic E-state index is -0.742. The van der Waals surface area contributed by atoms with E-state index in [-0.39, 0.29) is 11.7 Å². The fourth-order valence-electron chi connectivity index (χ4n) is 2.47. The number of benzene rings is 2. The van der Waals surface area contributed by atoms with E-state index >= 15 is 0 Å². The molecule has 2 aromatic rings. The third-order valence-electron chi connectivity index (χ3n) is 3.79. The molecule has 0 bridgehead atoms. The zero-order valence-electron chi connectivity index (χ0n) is 13.8. The van der Waals surface area contributed by atoms with Crippen LogP contribution in [0.5, 0.6) is 11.5 Å². The maximum absolute atomic E-state index is 13.0. The lowest BCUT2D eigenvalue weighted by Crippen LogP contribution is -2.28. The Balaban J connectivity index is 1.64. The summed E-state index contributed by atoms with van der Waals surface area (Å²) < 4.78 is 23.3. The van der Waals surface area contributed by atoms with Gasteiger partial charge in [-0.2, -0.15) is 0 Å². The number of nitrogens with one attached hydrogen (secondary N) is 1. The highest BCUT2D eigenvalue weighted by atomic mass is 19.1. The van der Waals surface area contributed by atoms with E-state index < -0.39 is 6.10 Å². The second-order valence-electron chi connectivity index (χ2n) is 5.40. The van der Waals surface area contributed by atoms with Gasteiger partial charge in [0, 0.05) is 18.2 Å². The average molecular weight is 344 g/mol. The van der Waals surface area contributed by atoms with E-state index in [0.717, 1.165) is 5.56 Å². The summed E-state index contributed by atoms with van der Waals surface area (Å²) in [6.45, 7) is 0. The van der Waals surface area contributed by atoms with Gasteiger partial charge in [0.25, 0.3) is 5.91 Å². The molecule has 25 heavy (non-hydrogen) atoms. The summed E-state index contributed by atoms with van der Waals surface area (Å²) in [5.41, 5.74) is 1.89. The quantitative estimate of drug-likeness (QED) is 0.905. The number of carbonyl (C=O) groups excluding carboxylic acids is 1. The number of oxime groups is 1. The zero-order chi connectivity index (χ0) is 17.8. The summed E-state index contributed by atoms with van der Waals surface area (Å²) in [7, 11) is 3.06. The molecule has 0 fully saturated rings. The predicted octanol–water partition coefficient (Wildman–Crippen LogP) is 2.97. The van der Waals surface area contributed by atoms with Crippen LogP contribution in [-0.2, 0) is 9.63 Å². The second kappa shape index (κ2) is 7.21. The topological polar surface area (TPSA) is 69.2 Å². The molecule has 1 amide bonds. The summed E-state index contributed by atoms with van der Waals surface area (Å²) in [6.07, 6.45) is -0.432. The summed E-state index contributed by atoms with van der Waals surface area (Å²) in [4.78, 5) is 17.6. The number of hydrogen-bond donors (Lipinski definition) is 1. The molecule has 3 rings (SSSR count). The fraction of sp³-hybridized carbons (Fsp3) is 0.222. The molecule has 0 aliphatic carbocycles. The lowest BCUT2D eigenvalue weighted by atomic mass is 10.0. The van der Waals surface area contributed by atoms with Gasteiger partial charge >= 0.3 is 0 Å². The van der Waals surface area contributed by atoms with Crippen LogP contribution in [0, 0.1) is 5.82 Å². The molecule has 7 heteroatoms. The summed E-state index contributed by atoms with van der Waals surface area (Å²) in [5, 5.41) is 6.69. The molecule has 2 aromatic carbocycles. The van der Waals surface area contributed by atoms with Gasteiger partial charge in [-0.15, -0.1) is 0 Å². The zero-order valence-corrected chi connectivity index (χ0v) is 13.8. The molecule has 0 unspecified atom stereocenters. The number of hydrogen-bond acceptors (Lipinski definition) is 5. The Kier molecular flexibility index (Phi) is 4.83. The molecule has 0 radical (unpaired) electrons. The highest BCUT2D eigenvalue weighted by Gasteiger charge is 2.29. The van der Waals surface area contributed by atoms with Gasteiger partial charge in [0.2, 0.25) is 6.10 Å². The van der Waals surface area contributed by atoms with Crippen LogP contribution >= 0.6 is 0 Å². The number of methoxy groups -OCH3 is 2. The average Bonchev–Trinajstić information content (AvgIpc) is 3.12. The highest BCUT2D eigenvalue weighted by molar-refractivity contribution is 6.06. The lowest BCUT2D eigenvalue weighted by molar-refractivity contribution is -0.125. The standard InChI is InChI=1S/C18H17FN2O4/c1-23-15-8-7-13(9-16(15)24-2)20-18(22)17-10-14(21-25-17)11-3-5-12(19)6-4-11/h3-9,17H,10H2,1-2H3,(H,20,22)/t17-/m1/s1. The van der Waals surface area contributed by atoms with Crippen LogP contribution in [0.4, 0.5) is 10.1 Å². The SMILES string of the molecule is COc1ccc(NC(=O)[C@H]2CC(c3ccc(F)cc3)=NO2)cc1OC. The van der Waals surface area contributed by atoms with Crippen LogP contribution in [0.1, 0.15) is 12.0 Å². The molecule has 1 atom stereocenters. The van der Waals surface area contributed by atoms with E-state index in [4.69, 9.17) is 14.3 Å². The van der Waals surface area contributed by atoms with Crippen molar-refractivity contribution in [3.8, 4) is 11.5 Å². The van der Waals surface area contributed by atoms with Gasteiger partial charge in [0.1, 0.15) is 5.82 Å². The normalized spacial score (nSPS) is 16.0. The third-order valence-corrected chi connectivity index (χ3v) is 3.79. The molecular weight excluding hydrogens is 327 g/mol. The van der Waals surface area contributed by atoms with Gasteiger partial charge < -0.3 is 19.6 Å². The Labute approximate surface area is 144 Å². The number of rotatable bonds is 5. The number of amides is 1. The van der Waals surface area contributed by atoms with Crippen LogP contribution in [0.15, 0.2) is 47.6 Å². The number of ether oxygens (including phenoxy) is 2. The third kappa shape index (κ3) is 3.71. The van der Waals surface area contributed by atoms with Gasteiger partial charge in [-0.3, -0.25) is 4.79 Å². The number of carbonyl (C=O) groups is 1. The van der Waals surface area contributed by atoms with E-state index in [1.165, 1.54) is 26.4 Å². The minimum Gasteiger partial charge on any atom is -0.493 e. The van der Waals surface area contributed by atoms with Gasteiger partial charge in [0.15, 0.2) is 11.5 Å². The second-order valence-corrected chi connectivity index (χ2v) is 5.40. The minimum absolute atomic E-state index is 0.310. The Hall–Kier alpha value is -3.09. The Morgan fingerprint density at radius 1 is 1.16 bits per heavy atom. The van der Waals surface area contributed by atoms with E-state index in [0.29, 0.717) is 29.3 Å². The molecule has 130 valence electrons. The predicted molar refractivity (Wildman–Crippen MR) is 90.6 cm³/mol. The Morgan fingerprint density at radius 2 is 1.88 bits per heavy atom. The maximum atomic E-state index is 13.0. The molecule has 1 aliphatic heterocycles. The summed E-state index contributed by atoms with van der Waals surface area (Å²) >= 11 is 0. The van der Waals surface area contributed by atoms with Crippen molar-refractivity contribution in [1.29, 1.82) is 0 Å². The number of nitrogens with zero attached hydrogens (tertiary/aromatic N) is 1. The van der Waals surface area contributed by atoms with Crippen LogP contribution in [0.2, 0.25) is 0 Å². The molecule has 1 heterocycles. The van der Waals surface area contributed by atoms with Gasteiger partial charge in [-0.1, -0.05) is 17.3 Å². The maximum Gasteiger partial charge on any atom is 0.268 e. The smallest absolute Gasteiger partial charge is 0.268 e. The first kappa shape index (κ1) is 16.8. The molecule has 0 saturated carbocycles.